The largest absolute Gasteiger partial charge is 0.508 e. The maximum atomic E-state index is 10.6. The zero-order valence-corrected chi connectivity index (χ0v) is 17.0. The van der Waals surface area contributed by atoms with Crippen LogP contribution in [0.3, 0.4) is 0 Å². The average molecular weight is 408 g/mol. The number of rotatable bonds is 11. The number of ether oxygens (including phenoxy) is 1. The maximum Gasteiger partial charge on any atom is 0.119 e. The molecule has 5 heteroatoms. The Morgan fingerprint density at radius 2 is 1.47 bits per heavy atom. The summed E-state index contributed by atoms with van der Waals surface area (Å²) in [6.45, 7) is 0.972. The van der Waals surface area contributed by atoms with E-state index in [9.17, 15) is 15.3 Å². The van der Waals surface area contributed by atoms with E-state index in [2.05, 4.69) is 0 Å². The molecule has 0 heterocycles. The van der Waals surface area contributed by atoms with Crippen LogP contribution in [0.1, 0.15) is 11.1 Å². The predicted octanol–water partition coefficient (Wildman–Crippen LogP) is 3.24. The van der Waals surface area contributed by atoms with Crippen molar-refractivity contribution in [3.63, 3.8) is 0 Å². The molecule has 0 aromatic heterocycles. The average Bonchev–Trinajstić information content (AvgIpc) is 2.78. The van der Waals surface area contributed by atoms with E-state index in [1.165, 1.54) is 0 Å². The van der Waals surface area contributed by atoms with Crippen molar-refractivity contribution in [3.05, 3.63) is 96.1 Å². The Morgan fingerprint density at radius 1 is 0.833 bits per heavy atom. The molecule has 0 aliphatic heterocycles. The Hall–Kier alpha value is -2.86. The van der Waals surface area contributed by atoms with Crippen LogP contribution in [0, 0.1) is 0 Å². The quantitative estimate of drug-likeness (QED) is 0.455. The van der Waals surface area contributed by atoms with Gasteiger partial charge in [-0.15, -0.1) is 0 Å². The molecule has 0 bridgehead atoms. The molecule has 0 fully saturated rings. The first kappa shape index (κ1) is 21.8. The van der Waals surface area contributed by atoms with Crippen molar-refractivity contribution in [2.24, 2.45) is 0 Å². The fourth-order valence-corrected chi connectivity index (χ4v) is 3.44. The van der Waals surface area contributed by atoms with Crippen molar-refractivity contribution >= 4 is 0 Å². The van der Waals surface area contributed by atoms with E-state index in [0.717, 1.165) is 11.1 Å². The van der Waals surface area contributed by atoms with Crippen LogP contribution in [-0.4, -0.2) is 52.1 Å². The number of para-hydroxylation sites is 2. The highest BCUT2D eigenvalue weighted by Gasteiger charge is 2.23. The SMILES string of the molecule is OC[C@H](Cc1ccccc1O)N(Cc1ccccc1)C[C@H](O)COc1ccccc1. The summed E-state index contributed by atoms with van der Waals surface area (Å²) in [7, 11) is 0. The summed E-state index contributed by atoms with van der Waals surface area (Å²) in [5.74, 6) is 0.919. The number of aliphatic hydroxyl groups excluding tert-OH is 2. The van der Waals surface area contributed by atoms with E-state index in [4.69, 9.17) is 4.74 Å². The molecule has 0 aliphatic carbocycles. The van der Waals surface area contributed by atoms with Gasteiger partial charge in [0.1, 0.15) is 24.2 Å². The normalized spacial score (nSPS) is 13.2. The van der Waals surface area contributed by atoms with E-state index >= 15 is 0 Å². The summed E-state index contributed by atoms with van der Waals surface area (Å²) in [4.78, 5) is 2.04. The van der Waals surface area contributed by atoms with E-state index in [1.54, 1.807) is 12.1 Å². The zero-order valence-electron chi connectivity index (χ0n) is 17.0. The van der Waals surface area contributed by atoms with Gasteiger partial charge in [-0.3, -0.25) is 4.90 Å². The molecule has 158 valence electrons. The minimum Gasteiger partial charge on any atom is -0.508 e. The Kier molecular flexibility index (Phi) is 8.27. The molecule has 0 aliphatic rings. The predicted molar refractivity (Wildman–Crippen MR) is 117 cm³/mol. The summed E-state index contributed by atoms with van der Waals surface area (Å²) < 4.78 is 5.69. The van der Waals surface area contributed by atoms with Crippen LogP contribution in [-0.2, 0) is 13.0 Å². The van der Waals surface area contributed by atoms with Crippen LogP contribution in [0.2, 0.25) is 0 Å². The van der Waals surface area contributed by atoms with Gasteiger partial charge in [0.15, 0.2) is 0 Å². The fraction of sp³-hybridized carbons (Fsp3) is 0.280. The molecule has 5 nitrogen and oxygen atoms in total. The zero-order chi connectivity index (χ0) is 21.2. The van der Waals surface area contributed by atoms with Crippen LogP contribution < -0.4 is 4.74 Å². The minimum atomic E-state index is -0.729. The van der Waals surface area contributed by atoms with Crippen molar-refractivity contribution in [3.8, 4) is 11.5 Å². The Balaban J connectivity index is 1.70. The maximum absolute atomic E-state index is 10.6. The second-order valence-corrected chi connectivity index (χ2v) is 7.36. The molecular weight excluding hydrogens is 378 g/mol. The number of hydrogen-bond acceptors (Lipinski definition) is 5. The van der Waals surface area contributed by atoms with Gasteiger partial charge in [-0.05, 0) is 35.7 Å². The molecule has 0 saturated carbocycles. The summed E-state index contributed by atoms with van der Waals surface area (Å²) in [6.07, 6.45) is -0.255. The lowest BCUT2D eigenvalue weighted by Gasteiger charge is -2.32. The third-order valence-corrected chi connectivity index (χ3v) is 5.03. The van der Waals surface area contributed by atoms with Gasteiger partial charge in [0.25, 0.3) is 0 Å². The van der Waals surface area contributed by atoms with E-state index in [-0.39, 0.29) is 25.0 Å². The third-order valence-electron chi connectivity index (χ3n) is 5.03. The first-order valence-electron chi connectivity index (χ1n) is 10.2. The van der Waals surface area contributed by atoms with Crippen molar-refractivity contribution < 1.29 is 20.1 Å². The fourth-order valence-electron chi connectivity index (χ4n) is 3.44. The standard InChI is InChI=1S/C25H29NO4/c27-18-22(15-21-11-7-8-14-25(21)29)26(16-20-9-3-1-4-10-20)17-23(28)19-30-24-12-5-2-6-13-24/h1-14,22-23,27-29H,15-19H2/t22-,23-/m0/s1. The highest BCUT2D eigenvalue weighted by atomic mass is 16.5. The third kappa shape index (κ3) is 6.59. The number of phenols is 1. The molecule has 0 amide bonds. The van der Waals surface area contributed by atoms with Crippen LogP contribution >= 0.6 is 0 Å². The van der Waals surface area contributed by atoms with Gasteiger partial charge >= 0.3 is 0 Å². The highest BCUT2D eigenvalue weighted by Crippen LogP contribution is 2.21. The van der Waals surface area contributed by atoms with Crippen LogP contribution in [0.25, 0.3) is 0 Å². The molecule has 0 unspecified atom stereocenters. The van der Waals surface area contributed by atoms with Crippen molar-refractivity contribution in [1.29, 1.82) is 0 Å². The molecule has 3 aromatic rings. The number of aromatic hydroxyl groups is 1. The van der Waals surface area contributed by atoms with Crippen molar-refractivity contribution in [2.45, 2.75) is 25.1 Å². The molecule has 0 spiro atoms. The Bertz CT molecular complexity index is 873. The van der Waals surface area contributed by atoms with Gasteiger partial charge in [-0.2, -0.15) is 0 Å². The van der Waals surface area contributed by atoms with Crippen molar-refractivity contribution in [2.75, 3.05) is 19.8 Å². The number of phenolic OH excluding ortho intramolecular Hbond substituents is 1. The van der Waals surface area contributed by atoms with Crippen LogP contribution in [0.15, 0.2) is 84.9 Å². The first-order chi connectivity index (χ1) is 14.7. The van der Waals surface area contributed by atoms with Crippen molar-refractivity contribution in [1.82, 2.24) is 4.90 Å². The highest BCUT2D eigenvalue weighted by molar-refractivity contribution is 5.32. The van der Waals surface area contributed by atoms with Gasteiger partial charge in [0.05, 0.1) is 6.61 Å². The van der Waals surface area contributed by atoms with Gasteiger partial charge in [-0.1, -0.05) is 66.7 Å². The summed E-state index contributed by atoms with van der Waals surface area (Å²) >= 11 is 0. The molecular formula is C25H29NO4. The van der Waals surface area contributed by atoms with Gasteiger partial charge in [0, 0.05) is 19.1 Å². The minimum absolute atomic E-state index is 0.0899. The van der Waals surface area contributed by atoms with Gasteiger partial charge < -0.3 is 20.1 Å². The second-order valence-electron chi connectivity index (χ2n) is 7.36. The van der Waals surface area contributed by atoms with E-state index in [0.29, 0.717) is 25.3 Å². The van der Waals surface area contributed by atoms with Gasteiger partial charge in [-0.25, -0.2) is 0 Å². The number of nitrogens with zero attached hydrogens (tertiary/aromatic N) is 1. The lowest BCUT2D eigenvalue weighted by molar-refractivity contribution is 0.0334. The Labute approximate surface area is 177 Å². The first-order valence-corrected chi connectivity index (χ1v) is 10.2. The lowest BCUT2D eigenvalue weighted by atomic mass is 10.0. The Morgan fingerprint density at radius 3 is 2.13 bits per heavy atom. The summed E-state index contributed by atoms with van der Waals surface area (Å²) in [5.41, 5.74) is 1.86. The molecule has 2 atom stereocenters. The molecule has 30 heavy (non-hydrogen) atoms. The number of aliphatic hydroxyl groups is 2. The molecule has 3 rings (SSSR count). The topological polar surface area (TPSA) is 73.2 Å². The molecule has 0 saturated heterocycles. The molecule has 3 N–H and O–H groups in total. The van der Waals surface area contributed by atoms with Gasteiger partial charge in [0.2, 0.25) is 0 Å². The number of hydrogen-bond donors (Lipinski definition) is 3. The number of benzene rings is 3. The molecule has 3 aromatic carbocycles. The molecule has 0 radical (unpaired) electrons. The van der Waals surface area contributed by atoms with E-state index < -0.39 is 6.10 Å². The summed E-state index contributed by atoms with van der Waals surface area (Å²) in [5, 5.41) is 30.9. The lowest BCUT2D eigenvalue weighted by Crippen LogP contribution is -2.44. The van der Waals surface area contributed by atoms with E-state index in [1.807, 2.05) is 77.7 Å². The smallest absolute Gasteiger partial charge is 0.119 e. The second kappa shape index (κ2) is 11.4. The summed E-state index contributed by atoms with van der Waals surface area (Å²) in [6, 6.07) is 26.2. The van der Waals surface area contributed by atoms with Crippen LogP contribution in [0.4, 0.5) is 0 Å². The van der Waals surface area contributed by atoms with Crippen LogP contribution in [0.5, 0.6) is 11.5 Å². The monoisotopic (exact) mass is 407 g/mol.